The first kappa shape index (κ1) is 22.6. The van der Waals surface area contributed by atoms with Gasteiger partial charge in [0.2, 0.25) is 0 Å². The van der Waals surface area contributed by atoms with Crippen molar-refractivity contribution in [2.75, 3.05) is 12.8 Å². The first-order chi connectivity index (χ1) is 12.5. The van der Waals surface area contributed by atoms with E-state index in [0.29, 0.717) is 12.4 Å². The summed E-state index contributed by atoms with van der Waals surface area (Å²) < 4.78 is 49.5. The van der Waals surface area contributed by atoms with Gasteiger partial charge in [-0.1, -0.05) is 4.68 Å². The molecule has 148 valence electrons. The molecule has 0 saturated heterocycles. The number of hydrogen-bond donors (Lipinski definition) is 1. The van der Waals surface area contributed by atoms with Crippen LogP contribution in [0.3, 0.4) is 0 Å². The van der Waals surface area contributed by atoms with Crippen LogP contribution in [0.1, 0.15) is 6.92 Å². The van der Waals surface area contributed by atoms with Gasteiger partial charge in [-0.2, -0.15) is 13.2 Å². The van der Waals surface area contributed by atoms with Gasteiger partial charge in [0.1, 0.15) is 18.3 Å². The summed E-state index contributed by atoms with van der Waals surface area (Å²) in [5.41, 5.74) is 0.791. The summed E-state index contributed by atoms with van der Waals surface area (Å²) in [5.74, 6) is -2.42. The van der Waals surface area contributed by atoms with Crippen LogP contribution in [0.15, 0.2) is 36.9 Å². The van der Waals surface area contributed by atoms with E-state index >= 15 is 0 Å². The molecule has 0 spiro atoms. The minimum atomic E-state index is -5.19. The van der Waals surface area contributed by atoms with Gasteiger partial charge in [-0.15, -0.1) is 0 Å². The summed E-state index contributed by atoms with van der Waals surface area (Å²) in [6, 6.07) is 3.55. The van der Waals surface area contributed by atoms with Crippen molar-refractivity contribution in [3.8, 4) is 11.4 Å². The lowest BCUT2D eigenvalue weighted by Gasteiger charge is -2.07. The molecular weight excluding hydrogens is 392 g/mol. The molecule has 2 aromatic heterocycles. The van der Waals surface area contributed by atoms with Crippen molar-refractivity contribution in [3.63, 3.8) is 0 Å². The maximum atomic E-state index is 11.5. The molecule has 0 radical (unpaired) electrons. The number of carbonyl (C=O) groups excluding carboxylic acids is 1. The van der Waals surface area contributed by atoms with Gasteiger partial charge in [0.25, 0.3) is 0 Å². The number of aromatic nitrogens is 4. The van der Waals surface area contributed by atoms with Crippen LogP contribution in [0.5, 0.6) is 0 Å². The number of nitrogens with zero attached hydrogens (tertiary/aromatic N) is 4. The van der Waals surface area contributed by atoms with Crippen molar-refractivity contribution in [2.45, 2.75) is 19.6 Å². The summed E-state index contributed by atoms with van der Waals surface area (Å²) in [5, 5.41) is 13.0. The Balaban J connectivity index is 0.000000445. The van der Waals surface area contributed by atoms with Crippen molar-refractivity contribution in [2.24, 2.45) is 0 Å². The molecule has 0 saturated carbocycles. The molecule has 0 aromatic carbocycles. The Morgan fingerprint density at radius 3 is 2.41 bits per heavy atom. The monoisotopic (exact) mass is 408 g/mol. The fraction of sp³-hybridized carbons (Fsp3) is 0.357. The van der Waals surface area contributed by atoms with Gasteiger partial charge in [0.15, 0.2) is 18.6 Å². The largest absolute Gasteiger partial charge is 0.542 e. The number of rotatable bonds is 6. The third-order valence-electron chi connectivity index (χ3n) is 2.77. The Morgan fingerprint density at radius 2 is 1.96 bits per heavy atom. The van der Waals surface area contributed by atoms with Gasteiger partial charge in [0, 0.05) is 24.0 Å². The molecule has 0 fully saturated rings. The smallest absolute Gasteiger partial charge is 0.430 e. The summed E-state index contributed by atoms with van der Waals surface area (Å²) in [6.07, 6.45) is 1.50. The minimum Gasteiger partial charge on any atom is -0.542 e. The fourth-order valence-electron chi connectivity index (χ4n) is 1.59. The standard InChI is InChI=1S/C12H15N4O3P.C2HF3O2/c1-2-19-20(17,18)9-8-16-7-4-11(10-15-16)12-13-5-3-6-14-12;3-2(4,5)1(6)7/h3-7,10H,2,8-9H2,1H3;(H,6,7). The summed E-state index contributed by atoms with van der Waals surface area (Å²) in [6.45, 7) is 2.21. The third-order valence-corrected chi connectivity index (χ3v) is 4.20. The average Bonchev–Trinajstić information content (AvgIpc) is 2.61. The van der Waals surface area contributed by atoms with E-state index in [0.717, 1.165) is 5.56 Å². The van der Waals surface area contributed by atoms with Crippen LogP contribution in [0.2, 0.25) is 0 Å². The number of alkyl halides is 3. The van der Waals surface area contributed by atoms with Crippen molar-refractivity contribution < 1.29 is 41.7 Å². The molecule has 0 aliphatic heterocycles. The predicted octanol–water partition coefficient (Wildman–Crippen LogP) is 0.347. The van der Waals surface area contributed by atoms with Gasteiger partial charge in [0.05, 0.1) is 6.61 Å². The van der Waals surface area contributed by atoms with Gasteiger partial charge < -0.3 is 19.3 Å². The molecule has 13 heteroatoms. The maximum Gasteiger partial charge on any atom is 0.430 e. The zero-order valence-electron chi connectivity index (χ0n) is 14.0. The number of aryl methyl sites for hydroxylation is 1. The topological polar surface area (TPSA) is 129 Å². The first-order valence-electron chi connectivity index (χ1n) is 7.43. The van der Waals surface area contributed by atoms with E-state index in [4.69, 9.17) is 14.4 Å². The predicted molar refractivity (Wildman–Crippen MR) is 82.8 cm³/mol. The highest BCUT2D eigenvalue weighted by Gasteiger charge is 2.28. The second kappa shape index (κ2) is 10.0. The molecule has 1 atom stereocenters. The van der Waals surface area contributed by atoms with Crippen molar-refractivity contribution in [1.29, 1.82) is 0 Å². The number of carboxylic acid groups (broad SMARTS) is 1. The number of carbonyl (C=O) groups is 1. The van der Waals surface area contributed by atoms with E-state index in [1.807, 2.05) is 6.07 Å². The Bertz CT molecular complexity index is 775. The minimum absolute atomic E-state index is 0.0275. The van der Waals surface area contributed by atoms with E-state index in [-0.39, 0.29) is 12.8 Å². The zero-order chi connectivity index (χ0) is 20.5. The van der Waals surface area contributed by atoms with E-state index < -0.39 is 19.7 Å². The van der Waals surface area contributed by atoms with E-state index in [1.165, 1.54) is 0 Å². The molecule has 9 nitrogen and oxygen atoms in total. The molecule has 0 bridgehead atoms. The molecule has 27 heavy (non-hydrogen) atoms. The lowest BCUT2D eigenvalue weighted by atomic mass is 10.3. The Hall–Kier alpha value is -2.43. The second-order valence-corrected chi connectivity index (χ2v) is 6.80. The molecule has 2 heterocycles. The highest BCUT2D eigenvalue weighted by molar-refractivity contribution is 7.52. The van der Waals surface area contributed by atoms with Gasteiger partial charge >= 0.3 is 13.8 Å². The number of hydrogen-bond acceptors (Lipinski definition) is 7. The fourth-order valence-corrected chi connectivity index (χ4v) is 2.58. The first-order valence-corrected chi connectivity index (χ1v) is 9.19. The van der Waals surface area contributed by atoms with Crippen LogP contribution in [0, 0.1) is 0 Å². The normalized spacial score (nSPS) is 13.2. The molecule has 0 aliphatic carbocycles. The second-order valence-electron chi connectivity index (χ2n) is 4.82. The maximum absolute atomic E-state index is 11.5. The van der Waals surface area contributed by atoms with E-state index in [9.17, 15) is 22.6 Å². The molecule has 0 aliphatic rings. The quantitative estimate of drug-likeness (QED) is 0.535. The van der Waals surface area contributed by atoms with Gasteiger partial charge in [-0.3, -0.25) is 4.57 Å². The zero-order valence-corrected chi connectivity index (χ0v) is 14.9. The molecule has 2 rings (SSSR count). The highest BCUT2D eigenvalue weighted by Crippen LogP contribution is 2.40. The van der Waals surface area contributed by atoms with Crippen LogP contribution in [0.4, 0.5) is 13.2 Å². The Labute approximate surface area is 152 Å². The van der Waals surface area contributed by atoms with Crippen LogP contribution in [-0.2, 0) is 20.4 Å². The average molecular weight is 408 g/mol. The van der Waals surface area contributed by atoms with E-state index in [2.05, 4.69) is 15.1 Å². The molecule has 2 aromatic rings. The van der Waals surface area contributed by atoms with Crippen LogP contribution in [-0.4, -0.2) is 44.9 Å². The molecule has 1 unspecified atom stereocenters. The van der Waals surface area contributed by atoms with E-state index in [1.54, 1.807) is 42.5 Å². The molecular formula is C14H16F3N4O5P. The highest BCUT2D eigenvalue weighted by atomic mass is 31.2. The Morgan fingerprint density at radius 1 is 1.37 bits per heavy atom. The summed E-state index contributed by atoms with van der Waals surface area (Å²) in [7, 11) is -3.51. The van der Waals surface area contributed by atoms with Crippen LogP contribution >= 0.6 is 7.60 Å². The van der Waals surface area contributed by atoms with Crippen molar-refractivity contribution >= 4 is 13.6 Å². The molecule has 1 N–H and O–H groups in total. The third kappa shape index (κ3) is 8.67. The summed E-state index contributed by atoms with van der Waals surface area (Å²) in [4.78, 5) is 26.5. The number of carboxylic acids is 1. The SMILES string of the molecule is CCOP(=O)(O)CC[n+]1ccc(-c2ncccn2)cn1.O=C([O-])C(F)(F)F. The van der Waals surface area contributed by atoms with Crippen LogP contribution < -0.4 is 9.79 Å². The number of aliphatic carboxylic acids is 1. The van der Waals surface area contributed by atoms with Crippen molar-refractivity contribution in [3.05, 3.63) is 36.9 Å². The Kier molecular flexibility index (Phi) is 8.41. The number of halogens is 3. The van der Waals surface area contributed by atoms with Gasteiger partial charge in [-0.05, 0) is 18.1 Å². The van der Waals surface area contributed by atoms with Gasteiger partial charge in [-0.25, -0.2) is 9.97 Å². The lowest BCUT2D eigenvalue weighted by molar-refractivity contribution is -0.750. The molecule has 0 amide bonds. The van der Waals surface area contributed by atoms with Crippen molar-refractivity contribution in [1.82, 2.24) is 15.1 Å². The van der Waals surface area contributed by atoms with Crippen LogP contribution in [0.25, 0.3) is 11.4 Å². The summed E-state index contributed by atoms with van der Waals surface area (Å²) >= 11 is 0. The lowest BCUT2D eigenvalue weighted by Crippen LogP contribution is -2.39.